The highest BCUT2D eigenvalue weighted by molar-refractivity contribution is 4.22. The molecule has 0 saturated carbocycles. The zero-order valence-electron chi connectivity index (χ0n) is 5.27. The zero-order chi connectivity index (χ0) is 5.70. The predicted octanol–water partition coefficient (Wildman–Crippen LogP) is 0.728. The van der Waals surface area contributed by atoms with E-state index in [2.05, 4.69) is 6.92 Å². The molecule has 43 valence electrons. The lowest BCUT2D eigenvalue weighted by Gasteiger charge is -1.94. The lowest BCUT2D eigenvalue weighted by atomic mass is 10.5. The Bertz CT molecular complexity index is 37.1. The molecular weight excluding hydrogens is 90.1 g/mol. The fourth-order valence-corrected chi connectivity index (χ4v) is 0.274. The Labute approximate surface area is 45.0 Å². The first-order valence-electron chi connectivity index (χ1n) is 2.57. The van der Waals surface area contributed by atoms with Crippen molar-refractivity contribution in [3.8, 4) is 0 Å². The summed E-state index contributed by atoms with van der Waals surface area (Å²) in [4.78, 5) is 5.02. The SMILES string of the molecule is CCCO[N+](C)C. The summed E-state index contributed by atoms with van der Waals surface area (Å²) in [5.74, 6) is 0. The van der Waals surface area contributed by atoms with Crippen molar-refractivity contribution in [2.24, 2.45) is 0 Å². The summed E-state index contributed by atoms with van der Waals surface area (Å²) in [6.07, 6.45) is 1.08. The summed E-state index contributed by atoms with van der Waals surface area (Å²) in [7, 11) is 3.77. The average Bonchev–Trinajstić information content (AvgIpc) is 1.61. The molecule has 0 aromatic heterocycles. The molecule has 0 saturated heterocycles. The minimum Gasteiger partial charge on any atom is -0.149 e. The Morgan fingerprint density at radius 3 is 2.14 bits per heavy atom. The molecule has 2 heteroatoms. The van der Waals surface area contributed by atoms with Gasteiger partial charge in [-0.2, -0.15) is 0 Å². The van der Waals surface area contributed by atoms with E-state index in [1.54, 1.807) is 5.06 Å². The topological polar surface area (TPSA) is 15.1 Å². The molecule has 7 heavy (non-hydrogen) atoms. The highest BCUT2D eigenvalue weighted by Gasteiger charge is 1.94. The second kappa shape index (κ2) is 4.09. The molecule has 0 N–H and O–H groups in total. The van der Waals surface area contributed by atoms with Crippen molar-refractivity contribution in [1.29, 1.82) is 0 Å². The maximum absolute atomic E-state index is 5.02. The minimum absolute atomic E-state index is 0.826. The Hall–Kier alpha value is -0.0800. The van der Waals surface area contributed by atoms with Crippen LogP contribution < -0.4 is 5.06 Å². The van der Waals surface area contributed by atoms with Gasteiger partial charge in [0, 0.05) is 0 Å². The Morgan fingerprint density at radius 1 is 1.43 bits per heavy atom. The van der Waals surface area contributed by atoms with Crippen molar-refractivity contribution in [3.05, 3.63) is 0 Å². The maximum Gasteiger partial charge on any atom is 0.149 e. The molecule has 0 rings (SSSR count). The monoisotopic (exact) mass is 103 g/mol. The molecule has 0 aromatic rings. The molecule has 0 aliphatic heterocycles. The van der Waals surface area contributed by atoms with Gasteiger partial charge in [-0.1, -0.05) is 6.92 Å². The van der Waals surface area contributed by atoms with Crippen molar-refractivity contribution < 1.29 is 4.84 Å². The van der Waals surface area contributed by atoms with Crippen molar-refractivity contribution in [2.45, 2.75) is 13.3 Å². The van der Waals surface area contributed by atoms with Gasteiger partial charge in [0.2, 0.25) is 0 Å². The van der Waals surface area contributed by atoms with Crippen molar-refractivity contribution in [2.75, 3.05) is 20.7 Å². The molecule has 2 nitrogen and oxygen atoms in total. The van der Waals surface area contributed by atoms with Crippen LogP contribution in [-0.4, -0.2) is 20.7 Å². The standard InChI is InChI=1S/C5H13NO/c1-4-5-7-6(2)3/h4-5H2,1-3H3/q+1. The van der Waals surface area contributed by atoms with Crippen LogP contribution >= 0.6 is 0 Å². The third-order valence-electron chi connectivity index (χ3n) is 0.554. The van der Waals surface area contributed by atoms with Gasteiger partial charge >= 0.3 is 0 Å². The van der Waals surface area contributed by atoms with Gasteiger partial charge in [-0.05, 0) is 11.5 Å². The predicted molar refractivity (Wildman–Crippen MR) is 30.2 cm³/mol. The summed E-state index contributed by atoms with van der Waals surface area (Å²) in [6.45, 7) is 2.91. The van der Waals surface area contributed by atoms with Crippen molar-refractivity contribution in [3.63, 3.8) is 0 Å². The minimum atomic E-state index is 0.826. The second-order valence-corrected chi connectivity index (χ2v) is 1.65. The van der Waals surface area contributed by atoms with E-state index in [9.17, 15) is 0 Å². The highest BCUT2D eigenvalue weighted by atomic mass is 16.7. The van der Waals surface area contributed by atoms with E-state index >= 15 is 0 Å². The zero-order valence-corrected chi connectivity index (χ0v) is 5.27. The lowest BCUT2D eigenvalue weighted by Crippen LogP contribution is -2.19. The molecular formula is C5H13NO+. The van der Waals surface area contributed by atoms with Crippen LogP contribution in [0.3, 0.4) is 0 Å². The quantitative estimate of drug-likeness (QED) is 0.379. The van der Waals surface area contributed by atoms with Gasteiger partial charge < -0.3 is 0 Å². The van der Waals surface area contributed by atoms with Gasteiger partial charge in [0.1, 0.15) is 20.7 Å². The number of nitrogens with zero attached hydrogens (tertiary/aromatic N) is 1. The molecule has 0 bridgehead atoms. The van der Waals surface area contributed by atoms with Gasteiger partial charge in [0.05, 0.1) is 0 Å². The van der Waals surface area contributed by atoms with E-state index in [4.69, 9.17) is 4.84 Å². The fraction of sp³-hybridized carbons (Fsp3) is 1.00. The third kappa shape index (κ3) is 5.92. The number of hydrogen-bond donors (Lipinski definition) is 0. The summed E-state index contributed by atoms with van der Waals surface area (Å²) in [6, 6.07) is 0. The van der Waals surface area contributed by atoms with E-state index in [0.717, 1.165) is 13.0 Å². The smallest absolute Gasteiger partial charge is 0.149 e. The largest absolute Gasteiger partial charge is 0.149 e. The maximum atomic E-state index is 5.02. The average molecular weight is 103 g/mol. The molecule has 0 aromatic carbocycles. The second-order valence-electron chi connectivity index (χ2n) is 1.65. The summed E-state index contributed by atoms with van der Waals surface area (Å²) < 4.78 is 0. The number of hydroxylamine groups is 2. The molecule has 0 aliphatic carbocycles. The van der Waals surface area contributed by atoms with Crippen LogP contribution in [0.5, 0.6) is 0 Å². The van der Waals surface area contributed by atoms with Crippen LogP contribution in [0.2, 0.25) is 0 Å². The highest BCUT2D eigenvalue weighted by Crippen LogP contribution is 1.77. The summed E-state index contributed by atoms with van der Waals surface area (Å²) in [5.41, 5.74) is 0. The van der Waals surface area contributed by atoms with Crippen molar-refractivity contribution >= 4 is 0 Å². The van der Waals surface area contributed by atoms with E-state index in [-0.39, 0.29) is 0 Å². The van der Waals surface area contributed by atoms with E-state index < -0.39 is 0 Å². The van der Waals surface area contributed by atoms with Crippen molar-refractivity contribution in [1.82, 2.24) is 5.06 Å². The molecule has 0 spiro atoms. The molecule has 0 amide bonds. The van der Waals surface area contributed by atoms with Crippen LogP contribution in [0, 0.1) is 0 Å². The molecule has 0 heterocycles. The van der Waals surface area contributed by atoms with Gasteiger partial charge in [0.15, 0.2) is 0 Å². The van der Waals surface area contributed by atoms with E-state index in [1.807, 2.05) is 14.1 Å². The normalized spacial score (nSPS) is 10.3. The Kier molecular flexibility index (Phi) is 4.04. The van der Waals surface area contributed by atoms with Crippen LogP contribution in [0.15, 0.2) is 0 Å². The Morgan fingerprint density at radius 2 is 2.00 bits per heavy atom. The summed E-state index contributed by atoms with van der Waals surface area (Å²) >= 11 is 0. The van der Waals surface area contributed by atoms with Crippen LogP contribution in [0.4, 0.5) is 0 Å². The first-order valence-corrected chi connectivity index (χ1v) is 2.57. The molecule has 1 radical (unpaired) electrons. The number of hydrogen-bond acceptors (Lipinski definition) is 2. The first-order chi connectivity index (χ1) is 3.27. The molecule has 0 atom stereocenters. The first kappa shape index (κ1) is 6.92. The third-order valence-corrected chi connectivity index (χ3v) is 0.554. The van der Waals surface area contributed by atoms with Crippen LogP contribution in [0.25, 0.3) is 0 Å². The van der Waals surface area contributed by atoms with Gasteiger partial charge in [-0.3, -0.25) is 0 Å². The number of rotatable bonds is 3. The summed E-state index contributed by atoms with van der Waals surface area (Å²) in [5, 5.41) is 1.71. The lowest BCUT2D eigenvalue weighted by molar-refractivity contribution is -0.0339. The van der Waals surface area contributed by atoms with E-state index in [1.165, 1.54) is 0 Å². The Balaban J connectivity index is 2.68. The van der Waals surface area contributed by atoms with E-state index in [0.29, 0.717) is 0 Å². The molecule has 0 fully saturated rings. The van der Waals surface area contributed by atoms with Crippen LogP contribution in [-0.2, 0) is 4.84 Å². The molecule has 0 aliphatic rings. The molecule has 0 unspecified atom stereocenters. The van der Waals surface area contributed by atoms with Gasteiger partial charge in [0.25, 0.3) is 0 Å². The van der Waals surface area contributed by atoms with Crippen LogP contribution in [0.1, 0.15) is 13.3 Å². The van der Waals surface area contributed by atoms with Gasteiger partial charge in [-0.15, -0.1) is 4.84 Å². The fourth-order valence-electron chi connectivity index (χ4n) is 0.274. The van der Waals surface area contributed by atoms with Gasteiger partial charge in [-0.25, -0.2) is 0 Å².